The molecule has 0 atom stereocenters. The Balaban J connectivity index is 4.01. The van der Waals surface area contributed by atoms with Gasteiger partial charge in [-0.05, 0) is 45.6 Å². The second kappa shape index (κ2) is 7.06. The summed E-state index contributed by atoms with van der Waals surface area (Å²) in [6.45, 7) is 18.2. The molecule has 18 heavy (non-hydrogen) atoms. The van der Waals surface area contributed by atoms with Crippen LogP contribution in [-0.4, -0.2) is 29.2 Å². The average molecular weight is 287 g/mol. The number of ether oxygens (including phenoxy) is 1. The number of hydrogen-bond donors (Lipinski definition) is 0. The first-order valence-electron chi connectivity index (χ1n) is 6.26. The fraction of sp³-hybridized carbons (Fsp3) is 0.615. The molecule has 0 N–H and O–H groups in total. The van der Waals surface area contributed by atoms with Gasteiger partial charge < -0.3 is 8.85 Å². The Labute approximate surface area is 113 Å². The van der Waals surface area contributed by atoms with E-state index in [9.17, 15) is 4.79 Å². The zero-order valence-corrected chi connectivity index (χ0v) is 14.3. The molecular formula is C13H26O3Si2. The van der Waals surface area contributed by atoms with E-state index in [1.807, 2.05) is 5.70 Å². The summed E-state index contributed by atoms with van der Waals surface area (Å²) in [6.07, 6.45) is 0.847. The first kappa shape index (κ1) is 17.3. The molecule has 0 aliphatic carbocycles. The van der Waals surface area contributed by atoms with Crippen LogP contribution < -0.4 is 0 Å². The van der Waals surface area contributed by atoms with Crippen LogP contribution in [0.4, 0.5) is 0 Å². The SMILES string of the molecule is C=C[Si](C)(C)O[Si](C)(C)CCCOC(=O)C(=C)C. The van der Waals surface area contributed by atoms with Gasteiger partial charge in [-0.1, -0.05) is 12.3 Å². The van der Waals surface area contributed by atoms with E-state index in [2.05, 4.69) is 39.3 Å². The van der Waals surface area contributed by atoms with E-state index in [0.717, 1.165) is 12.5 Å². The average Bonchev–Trinajstić information content (AvgIpc) is 2.22. The van der Waals surface area contributed by atoms with Crippen molar-refractivity contribution in [1.82, 2.24) is 0 Å². The van der Waals surface area contributed by atoms with Gasteiger partial charge in [0.15, 0.2) is 16.6 Å². The molecule has 0 radical (unpaired) electrons. The minimum Gasteiger partial charge on any atom is -0.462 e. The van der Waals surface area contributed by atoms with Gasteiger partial charge >= 0.3 is 5.97 Å². The molecular weight excluding hydrogens is 260 g/mol. The van der Waals surface area contributed by atoms with Gasteiger partial charge in [0, 0.05) is 5.57 Å². The number of hydrogen-bond acceptors (Lipinski definition) is 3. The maximum atomic E-state index is 11.2. The summed E-state index contributed by atoms with van der Waals surface area (Å²) < 4.78 is 11.3. The van der Waals surface area contributed by atoms with E-state index in [1.165, 1.54) is 0 Å². The van der Waals surface area contributed by atoms with Gasteiger partial charge in [0.25, 0.3) is 0 Å². The van der Waals surface area contributed by atoms with E-state index in [-0.39, 0.29) is 5.97 Å². The molecule has 0 spiro atoms. The molecule has 0 aromatic carbocycles. The molecule has 0 fully saturated rings. The summed E-state index contributed by atoms with van der Waals surface area (Å²) >= 11 is 0. The highest BCUT2D eigenvalue weighted by Crippen LogP contribution is 2.20. The Morgan fingerprint density at radius 2 is 1.83 bits per heavy atom. The van der Waals surface area contributed by atoms with Crippen molar-refractivity contribution in [3.63, 3.8) is 0 Å². The molecule has 0 unspecified atom stereocenters. The molecule has 0 saturated carbocycles. The number of rotatable bonds is 8. The molecule has 0 heterocycles. The van der Waals surface area contributed by atoms with E-state index in [0.29, 0.717) is 12.2 Å². The van der Waals surface area contributed by atoms with Crippen molar-refractivity contribution in [2.24, 2.45) is 0 Å². The minimum absolute atomic E-state index is 0.309. The molecule has 3 nitrogen and oxygen atoms in total. The zero-order valence-electron chi connectivity index (χ0n) is 12.3. The third-order valence-electron chi connectivity index (χ3n) is 2.54. The summed E-state index contributed by atoms with van der Waals surface area (Å²) in [5, 5.41) is 0. The van der Waals surface area contributed by atoms with Crippen LogP contribution in [0.2, 0.25) is 32.2 Å². The van der Waals surface area contributed by atoms with Crippen LogP contribution in [0.25, 0.3) is 0 Å². The monoisotopic (exact) mass is 286 g/mol. The van der Waals surface area contributed by atoms with Crippen molar-refractivity contribution >= 4 is 22.6 Å². The van der Waals surface area contributed by atoms with Crippen LogP contribution in [0.1, 0.15) is 13.3 Å². The molecule has 5 heteroatoms. The lowest BCUT2D eigenvalue weighted by atomic mass is 10.4. The lowest BCUT2D eigenvalue weighted by Gasteiger charge is -2.31. The Hall–Kier alpha value is -0.656. The Morgan fingerprint density at radius 1 is 1.28 bits per heavy atom. The number of carbonyl (C=O) groups is 1. The number of carbonyl (C=O) groups excluding carboxylic acids is 1. The van der Waals surface area contributed by atoms with E-state index >= 15 is 0 Å². The van der Waals surface area contributed by atoms with Crippen molar-refractivity contribution in [3.05, 3.63) is 24.4 Å². The third kappa shape index (κ3) is 7.63. The molecule has 0 bridgehead atoms. The first-order chi connectivity index (χ1) is 8.09. The molecule has 0 aliphatic heterocycles. The summed E-state index contributed by atoms with van der Waals surface area (Å²) in [7, 11) is -3.39. The Bertz CT molecular complexity index is 322. The summed E-state index contributed by atoms with van der Waals surface area (Å²) in [5.74, 6) is -0.309. The molecule has 0 aromatic heterocycles. The van der Waals surface area contributed by atoms with E-state index in [4.69, 9.17) is 8.85 Å². The van der Waals surface area contributed by atoms with Crippen LogP contribution in [0.5, 0.6) is 0 Å². The van der Waals surface area contributed by atoms with E-state index in [1.54, 1.807) is 6.92 Å². The largest absolute Gasteiger partial charge is 0.462 e. The Morgan fingerprint density at radius 3 is 2.28 bits per heavy atom. The number of esters is 1. The van der Waals surface area contributed by atoms with Crippen LogP contribution in [0.3, 0.4) is 0 Å². The molecule has 0 aliphatic rings. The topological polar surface area (TPSA) is 35.5 Å². The maximum Gasteiger partial charge on any atom is 0.333 e. The van der Waals surface area contributed by atoms with Gasteiger partial charge in [0.05, 0.1) is 6.61 Å². The quantitative estimate of drug-likeness (QED) is 0.296. The summed E-state index contributed by atoms with van der Waals surface area (Å²) in [6, 6.07) is 0.987. The Kier molecular flexibility index (Phi) is 6.80. The second-order valence-corrected chi connectivity index (χ2v) is 14.1. The van der Waals surface area contributed by atoms with Crippen LogP contribution in [-0.2, 0) is 13.6 Å². The lowest BCUT2D eigenvalue weighted by Crippen LogP contribution is -2.43. The van der Waals surface area contributed by atoms with Gasteiger partial charge in [0.1, 0.15) is 0 Å². The van der Waals surface area contributed by atoms with Gasteiger partial charge in [0.2, 0.25) is 0 Å². The molecule has 0 amide bonds. The molecule has 0 rings (SSSR count). The normalized spacial score (nSPS) is 12.1. The molecule has 104 valence electrons. The first-order valence-corrected chi connectivity index (χ1v) is 12.4. The zero-order chi connectivity index (χ0) is 14.4. The van der Waals surface area contributed by atoms with Crippen LogP contribution in [0, 0.1) is 0 Å². The highest BCUT2D eigenvalue weighted by molar-refractivity contribution is 6.87. The van der Waals surface area contributed by atoms with Crippen molar-refractivity contribution in [2.45, 2.75) is 45.6 Å². The van der Waals surface area contributed by atoms with Gasteiger partial charge in [-0.3, -0.25) is 0 Å². The predicted molar refractivity (Wildman–Crippen MR) is 81.4 cm³/mol. The highest BCUT2D eigenvalue weighted by Gasteiger charge is 2.30. The third-order valence-corrected chi connectivity index (χ3v) is 9.39. The molecule has 0 aromatic rings. The summed E-state index contributed by atoms with van der Waals surface area (Å²) in [5.41, 5.74) is 2.41. The van der Waals surface area contributed by atoms with Crippen molar-refractivity contribution in [2.75, 3.05) is 6.61 Å². The molecule has 0 saturated heterocycles. The maximum absolute atomic E-state index is 11.2. The predicted octanol–water partition coefficient (Wildman–Crippen LogP) is 3.65. The van der Waals surface area contributed by atoms with Crippen molar-refractivity contribution in [3.8, 4) is 0 Å². The summed E-state index contributed by atoms with van der Waals surface area (Å²) in [4.78, 5) is 11.2. The lowest BCUT2D eigenvalue weighted by molar-refractivity contribution is -0.138. The van der Waals surface area contributed by atoms with E-state index < -0.39 is 16.6 Å². The fourth-order valence-electron chi connectivity index (χ4n) is 1.59. The minimum atomic E-state index is -1.71. The van der Waals surface area contributed by atoms with Gasteiger partial charge in [-0.25, -0.2) is 4.79 Å². The van der Waals surface area contributed by atoms with Crippen molar-refractivity contribution < 1.29 is 13.6 Å². The smallest absolute Gasteiger partial charge is 0.333 e. The van der Waals surface area contributed by atoms with Crippen LogP contribution >= 0.6 is 0 Å². The van der Waals surface area contributed by atoms with Gasteiger partial charge in [-0.2, -0.15) is 0 Å². The van der Waals surface area contributed by atoms with Gasteiger partial charge in [-0.15, -0.1) is 6.58 Å². The van der Waals surface area contributed by atoms with Crippen LogP contribution in [0.15, 0.2) is 24.4 Å². The standard InChI is InChI=1S/C13H26O3Si2/c1-8-17(4,5)16-18(6,7)11-9-10-15-13(14)12(2)3/h8H,1-2,9-11H2,3-7H3. The fourth-order valence-corrected chi connectivity index (χ4v) is 9.02. The second-order valence-electron chi connectivity index (χ2n) is 5.69. The van der Waals surface area contributed by atoms with Crippen molar-refractivity contribution in [1.29, 1.82) is 0 Å². The highest BCUT2D eigenvalue weighted by atomic mass is 28.4.